The first-order valence-electron chi connectivity index (χ1n) is 7.59. The third kappa shape index (κ3) is 4.75. The van der Waals surface area contributed by atoms with Crippen molar-refractivity contribution in [2.45, 2.75) is 6.42 Å². The molecular formula is C16H22O12. The molecule has 0 aromatic heterocycles. The topological polar surface area (TPSA) is 158 Å². The Bertz CT molecular complexity index is 606. The molecule has 0 saturated carbocycles. The van der Waals surface area contributed by atoms with Crippen molar-refractivity contribution in [1.29, 1.82) is 0 Å². The van der Waals surface area contributed by atoms with Gasteiger partial charge in [-0.3, -0.25) is 28.8 Å². The molecule has 0 bridgehead atoms. The number of rotatable bonds is 9. The van der Waals surface area contributed by atoms with Gasteiger partial charge in [0.25, 0.3) is 0 Å². The lowest BCUT2D eigenvalue weighted by molar-refractivity contribution is -0.191. The van der Waals surface area contributed by atoms with Crippen LogP contribution in [0.2, 0.25) is 0 Å². The Hall–Kier alpha value is -3.18. The number of hydrogen-bond acceptors (Lipinski definition) is 12. The zero-order chi connectivity index (χ0) is 22.1. The lowest BCUT2D eigenvalue weighted by Gasteiger charge is -2.35. The minimum atomic E-state index is -2.81. The van der Waals surface area contributed by atoms with E-state index in [2.05, 4.69) is 28.4 Å². The van der Waals surface area contributed by atoms with Gasteiger partial charge in [-0.05, 0) is 0 Å². The smallest absolute Gasteiger partial charge is 0.324 e. The summed E-state index contributed by atoms with van der Waals surface area (Å²) in [4.78, 5) is 74.3. The van der Waals surface area contributed by atoms with Crippen LogP contribution in [0.3, 0.4) is 0 Å². The molecule has 12 nitrogen and oxygen atoms in total. The van der Waals surface area contributed by atoms with Crippen LogP contribution >= 0.6 is 0 Å². The van der Waals surface area contributed by atoms with Crippen molar-refractivity contribution in [2.24, 2.45) is 17.3 Å². The minimum Gasteiger partial charge on any atom is -0.469 e. The molecule has 0 heterocycles. The van der Waals surface area contributed by atoms with Crippen LogP contribution in [-0.2, 0) is 57.2 Å². The Morgan fingerprint density at radius 1 is 0.607 bits per heavy atom. The third-order valence-corrected chi connectivity index (χ3v) is 3.98. The number of esters is 6. The van der Waals surface area contributed by atoms with E-state index in [1.165, 1.54) is 0 Å². The average Bonchev–Trinajstić information content (AvgIpc) is 2.72. The summed E-state index contributed by atoms with van der Waals surface area (Å²) in [5.74, 6) is -12.5. The second kappa shape index (κ2) is 10.8. The molecule has 0 rings (SSSR count). The average molecular weight is 406 g/mol. The normalized spacial score (nSPS) is 11.7. The van der Waals surface area contributed by atoms with Crippen LogP contribution < -0.4 is 0 Å². The maximum Gasteiger partial charge on any atom is 0.324 e. The van der Waals surface area contributed by atoms with E-state index < -0.39 is 59.5 Å². The molecular weight excluding hydrogens is 384 g/mol. The molecule has 12 heteroatoms. The van der Waals surface area contributed by atoms with E-state index in [4.69, 9.17) is 0 Å². The van der Waals surface area contributed by atoms with E-state index in [0.29, 0.717) is 0 Å². The van der Waals surface area contributed by atoms with Crippen molar-refractivity contribution in [3.05, 3.63) is 0 Å². The Morgan fingerprint density at radius 3 is 1.29 bits per heavy atom. The fraction of sp³-hybridized carbons (Fsp3) is 0.625. The second-order valence-electron chi connectivity index (χ2n) is 5.23. The summed E-state index contributed by atoms with van der Waals surface area (Å²) in [5, 5.41) is 0. The Balaban J connectivity index is 7.09. The highest BCUT2D eigenvalue weighted by molar-refractivity contribution is 6.10. The van der Waals surface area contributed by atoms with E-state index in [1.54, 1.807) is 0 Å². The van der Waals surface area contributed by atoms with Crippen molar-refractivity contribution in [1.82, 2.24) is 0 Å². The number of carbonyl (C=O) groups excluding carboxylic acids is 6. The molecule has 0 N–H and O–H groups in total. The van der Waals surface area contributed by atoms with Crippen molar-refractivity contribution in [2.75, 3.05) is 42.7 Å². The van der Waals surface area contributed by atoms with Gasteiger partial charge in [0.15, 0.2) is 11.3 Å². The summed E-state index contributed by atoms with van der Waals surface area (Å²) in [6.07, 6.45) is -1.10. The van der Waals surface area contributed by atoms with Crippen molar-refractivity contribution in [3.8, 4) is 0 Å². The number of methoxy groups -OCH3 is 6. The molecule has 0 saturated heterocycles. The first-order chi connectivity index (χ1) is 13.1. The van der Waals surface area contributed by atoms with Gasteiger partial charge < -0.3 is 28.4 Å². The monoisotopic (exact) mass is 406 g/mol. The first kappa shape index (κ1) is 24.8. The molecule has 0 aliphatic heterocycles. The van der Waals surface area contributed by atoms with E-state index >= 15 is 0 Å². The molecule has 1 atom stereocenters. The number of carbonyl (C=O) groups is 6. The highest BCUT2D eigenvalue weighted by Gasteiger charge is 2.65. The summed E-state index contributed by atoms with van der Waals surface area (Å²) in [6, 6.07) is 0. The van der Waals surface area contributed by atoms with Crippen LogP contribution in [0.4, 0.5) is 0 Å². The highest BCUT2D eigenvalue weighted by Crippen LogP contribution is 2.41. The van der Waals surface area contributed by atoms with E-state index in [1.807, 2.05) is 0 Å². The van der Waals surface area contributed by atoms with Gasteiger partial charge in [-0.15, -0.1) is 0 Å². The van der Waals surface area contributed by atoms with Crippen molar-refractivity contribution >= 4 is 35.8 Å². The molecule has 0 amide bonds. The maximum atomic E-state index is 12.6. The number of ether oxygens (including phenoxy) is 6. The standard InChI is InChI=1S/C16H22O12/c1-23-8(17)7-16(14(21)27-5,15(22)28-6)10(13(20)26-4)9(11(18)24-2)12(19)25-3/h9-10H,7H2,1-6H3. The predicted octanol–water partition coefficient (Wildman–Crippen LogP) is -1.37. The third-order valence-electron chi connectivity index (χ3n) is 3.98. The van der Waals surface area contributed by atoms with E-state index in [-0.39, 0.29) is 0 Å². The summed E-state index contributed by atoms with van der Waals surface area (Å²) in [7, 11) is 5.33. The van der Waals surface area contributed by atoms with Crippen LogP contribution in [0.15, 0.2) is 0 Å². The van der Waals surface area contributed by atoms with Gasteiger partial charge in [0.1, 0.15) is 5.92 Å². The van der Waals surface area contributed by atoms with Crippen LogP contribution in [0.25, 0.3) is 0 Å². The van der Waals surface area contributed by atoms with Crippen LogP contribution in [-0.4, -0.2) is 78.5 Å². The minimum absolute atomic E-state index is 0.858. The first-order valence-corrected chi connectivity index (χ1v) is 7.59. The second-order valence-corrected chi connectivity index (χ2v) is 5.23. The van der Waals surface area contributed by atoms with Gasteiger partial charge in [0, 0.05) is 0 Å². The van der Waals surface area contributed by atoms with Gasteiger partial charge in [-0.2, -0.15) is 0 Å². The highest BCUT2D eigenvalue weighted by atomic mass is 16.6. The molecule has 0 aromatic carbocycles. The van der Waals surface area contributed by atoms with Crippen LogP contribution in [0.5, 0.6) is 0 Å². The fourth-order valence-corrected chi connectivity index (χ4v) is 2.63. The van der Waals surface area contributed by atoms with Gasteiger partial charge in [0.2, 0.25) is 0 Å². The lowest BCUT2D eigenvalue weighted by atomic mass is 9.66. The Morgan fingerprint density at radius 2 is 1.00 bits per heavy atom. The molecule has 0 aromatic rings. The summed E-state index contributed by atoms with van der Waals surface area (Å²) >= 11 is 0. The molecule has 0 radical (unpaired) electrons. The van der Waals surface area contributed by atoms with Crippen LogP contribution in [0, 0.1) is 17.3 Å². The van der Waals surface area contributed by atoms with Crippen LogP contribution in [0.1, 0.15) is 6.42 Å². The predicted molar refractivity (Wildman–Crippen MR) is 86.1 cm³/mol. The Labute approximate surface area is 160 Å². The lowest BCUT2D eigenvalue weighted by Crippen LogP contribution is -2.57. The molecule has 0 aliphatic rings. The van der Waals surface area contributed by atoms with E-state index in [9.17, 15) is 28.8 Å². The molecule has 0 fully saturated rings. The molecule has 0 aliphatic carbocycles. The zero-order valence-electron chi connectivity index (χ0n) is 16.3. The summed E-state index contributed by atoms with van der Waals surface area (Å²) in [5.41, 5.74) is -2.81. The largest absolute Gasteiger partial charge is 0.469 e. The molecule has 158 valence electrons. The van der Waals surface area contributed by atoms with Gasteiger partial charge in [-0.25, -0.2) is 0 Å². The van der Waals surface area contributed by atoms with Crippen molar-refractivity contribution < 1.29 is 57.2 Å². The fourth-order valence-electron chi connectivity index (χ4n) is 2.63. The zero-order valence-corrected chi connectivity index (χ0v) is 16.3. The van der Waals surface area contributed by atoms with Gasteiger partial charge in [-0.1, -0.05) is 0 Å². The Kier molecular flexibility index (Phi) is 9.61. The number of hydrogen-bond donors (Lipinski definition) is 0. The summed E-state index contributed by atoms with van der Waals surface area (Å²) in [6.45, 7) is 0. The SMILES string of the molecule is COC(=O)CC(C(=O)OC)(C(=O)OC)C(C(=O)OC)C(C(=O)OC)C(=O)OC. The maximum absolute atomic E-state index is 12.6. The van der Waals surface area contributed by atoms with Gasteiger partial charge in [0.05, 0.1) is 49.1 Å². The quantitative estimate of drug-likeness (QED) is 0.252. The molecule has 0 spiro atoms. The molecule has 1 unspecified atom stereocenters. The van der Waals surface area contributed by atoms with Crippen molar-refractivity contribution in [3.63, 3.8) is 0 Å². The van der Waals surface area contributed by atoms with Gasteiger partial charge >= 0.3 is 35.8 Å². The van der Waals surface area contributed by atoms with E-state index in [0.717, 1.165) is 42.7 Å². The molecule has 28 heavy (non-hydrogen) atoms. The summed E-state index contributed by atoms with van der Waals surface area (Å²) < 4.78 is 27.2.